The van der Waals surface area contributed by atoms with Gasteiger partial charge >= 0.3 is 6.18 Å². The first-order chi connectivity index (χ1) is 11.8. The normalized spacial score (nSPS) is 16.2. The number of halogens is 3. The quantitative estimate of drug-likeness (QED) is 0.853. The van der Waals surface area contributed by atoms with Crippen LogP contribution in [0.25, 0.3) is 0 Å². The highest BCUT2D eigenvalue weighted by Crippen LogP contribution is 2.30. The minimum Gasteiger partial charge on any atom is -0.337 e. The molecule has 3 rings (SSSR count). The number of alkyl halides is 3. The number of likely N-dealkylation sites (tertiary alicyclic amines) is 1. The van der Waals surface area contributed by atoms with E-state index in [1.807, 2.05) is 12.1 Å². The van der Waals surface area contributed by atoms with E-state index in [1.54, 1.807) is 17.3 Å². The van der Waals surface area contributed by atoms with Crippen molar-refractivity contribution in [3.63, 3.8) is 0 Å². The van der Waals surface area contributed by atoms with Crippen LogP contribution in [0.15, 0.2) is 30.6 Å². The van der Waals surface area contributed by atoms with Gasteiger partial charge in [0.15, 0.2) is 5.69 Å². The van der Waals surface area contributed by atoms with Crippen LogP contribution in [0.3, 0.4) is 0 Å². The van der Waals surface area contributed by atoms with Crippen molar-refractivity contribution in [2.75, 3.05) is 13.1 Å². The summed E-state index contributed by atoms with van der Waals surface area (Å²) in [6, 6.07) is 4.78. The second kappa shape index (κ2) is 6.85. The Balaban J connectivity index is 1.60. The SMILES string of the molecule is Cn1nc(C(=O)N2CCC(Cc3ccncc3)CC2)cc1C(F)(F)F. The fourth-order valence-corrected chi connectivity index (χ4v) is 3.19. The lowest BCUT2D eigenvalue weighted by atomic mass is 9.90. The second-order valence-corrected chi connectivity index (χ2v) is 6.33. The van der Waals surface area contributed by atoms with E-state index in [0.29, 0.717) is 23.7 Å². The maximum absolute atomic E-state index is 12.8. The standard InChI is InChI=1S/C17H19F3N4O/c1-23-15(17(18,19)20)11-14(22-23)16(25)24-8-4-13(5-9-24)10-12-2-6-21-7-3-12/h2-3,6-7,11,13H,4-5,8-10H2,1H3. The van der Waals surface area contributed by atoms with Gasteiger partial charge in [0.25, 0.3) is 5.91 Å². The van der Waals surface area contributed by atoms with Crippen molar-refractivity contribution in [2.45, 2.75) is 25.4 Å². The lowest BCUT2D eigenvalue weighted by Crippen LogP contribution is -2.39. The van der Waals surface area contributed by atoms with Gasteiger partial charge in [0.2, 0.25) is 0 Å². The largest absolute Gasteiger partial charge is 0.433 e. The smallest absolute Gasteiger partial charge is 0.337 e. The average molecular weight is 352 g/mol. The number of aromatic nitrogens is 3. The zero-order chi connectivity index (χ0) is 18.0. The predicted octanol–water partition coefficient (Wildman–Crippen LogP) is 2.93. The molecule has 1 aliphatic rings. The minimum atomic E-state index is -4.52. The van der Waals surface area contributed by atoms with E-state index in [9.17, 15) is 18.0 Å². The van der Waals surface area contributed by atoms with Gasteiger partial charge in [0.05, 0.1) is 0 Å². The van der Waals surface area contributed by atoms with Gasteiger partial charge in [-0.3, -0.25) is 14.5 Å². The Kier molecular flexibility index (Phi) is 4.78. The highest BCUT2D eigenvalue weighted by molar-refractivity contribution is 5.92. The molecule has 0 saturated carbocycles. The zero-order valence-electron chi connectivity index (χ0n) is 13.8. The summed E-state index contributed by atoms with van der Waals surface area (Å²) < 4.78 is 39.2. The molecule has 0 atom stereocenters. The number of carbonyl (C=O) groups is 1. The van der Waals surface area contributed by atoms with Gasteiger partial charge in [-0.05, 0) is 42.9 Å². The van der Waals surface area contributed by atoms with Crippen LogP contribution in [0.2, 0.25) is 0 Å². The van der Waals surface area contributed by atoms with Gasteiger partial charge in [-0.25, -0.2) is 0 Å². The Morgan fingerprint density at radius 1 is 1.24 bits per heavy atom. The first-order valence-electron chi connectivity index (χ1n) is 8.14. The third-order valence-corrected chi connectivity index (χ3v) is 4.56. The van der Waals surface area contributed by atoms with Gasteiger partial charge in [-0.2, -0.15) is 18.3 Å². The van der Waals surface area contributed by atoms with Crippen molar-refractivity contribution in [3.05, 3.63) is 47.5 Å². The highest BCUT2D eigenvalue weighted by atomic mass is 19.4. The summed E-state index contributed by atoms with van der Waals surface area (Å²) in [5.74, 6) is 0.0226. The summed E-state index contributed by atoms with van der Waals surface area (Å²) in [4.78, 5) is 18.0. The molecule has 2 aromatic rings. The Hall–Kier alpha value is -2.38. The molecule has 1 aliphatic heterocycles. The zero-order valence-corrected chi connectivity index (χ0v) is 13.8. The van der Waals surface area contributed by atoms with Crippen molar-refractivity contribution in [3.8, 4) is 0 Å². The molecule has 8 heteroatoms. The summed E-state index contributed by atoms with van der Waals surface area (Å²) in [5, 5.41) is 3.74. The molecule has 1 amide bonds. The molecule has 0 N–H and O–H groups in total. The first kappa shape index (κ1) is 17.4. The van der Waals surface area contributed by atoms with E-state index in [4.69, 9.17) is 0 Å². The molecule has 0 aromatic carbocycles. The van der Waals surface area contributed by atoms with Gasteiger partial charge in [0.1, 0.15) is 5.69 Å². The Labute approximate surface area is 143 Å². The van der Waals surface area contributed by atoms with E-state index in [-0.39, 0.29) is 5.69 Å². The lowest BCUT2D eigenvalue weighted by Gasteiger charge is -2.31. The van der Waals surface area contributed by atoms with Crippen LogP contribution in [0, 0.1) is 5.92 Å². The molecule has 0 radical (unpaired) electrons. The molecule has 25 heavy (non-hydrogen) atoms. The second-order valence-electron chi connectivity index (χ2n) is 6.33. The van der Waals surface area contributed by atoms with Gasteiger partial charge < -0.3 is 4.90 Å². The third-order valence-electron chi connectivity index (χ3n) is 4.56. The number of nitrogens with zero attached hydrogens (tertiary/aromatic N) is 4. The van der Waals surface area contributed by atoms with E-state index >= 15 is 0 Å². The van der Waals surface area contributed by atoms with E-state index < -0.39 is 17.8 Å². The van der Waals surface area contributed by atoms with E-state index in [2.05, 4.69) is 10.1 Å². The van der Waals surface area contributed by atoms with Crippen LogP contribution in [0.4, 0.5) is 13.2 Å². The molecule has 1 fully saturated rings. The molecule has 5 nitrogen and oxygen atoms in total. The van der Waals surface area contributed by atoms with Crippen molar-refractivity contribution >= 4 is 5.91 Å². The number of amides is 1. The van der Waals surface area contributed by atoms with Gasteiger partial charge in [-0.15, -0.1) is 0 Å². The van der Waals surface area contributed by atoms with Gasteiger partial charge in [-0.1, -0.05) is 0 Å². The minimum absolute atomic E-state index is 0.151. The maximum atomic E-state index is 12.8. The summed E-state index contributed by atoms with van der Waals surface area (Å²) in [6.45, 7) is 1.07. The molecule has 3 heterocycles. The number of hydrogen-bond donors (Lipinski definition) is 0. The van der Waals surface area contributed by atoms with Crippen LogP contribution >= 0.6 is 0 Å². The molecule has 2 aromatic heterocycles. The first-order valence-corrected chi connectivity index (χ1v) is 8.14. The van der Waals surface area contributed by atoms with Crippen molar-refractivity contribution in [1.82, 2.24) is 19.7 Å². The molecular formula is C17H19F3N4O. The third kappa shape index (κ3) is 4.00. The Morgan fingerprint density at radius 2 is 1.88 bits per heavy atom. The number of carbonyl (C=O) groups excluding carboxylic acids is 1. The molecule has 1 saturated heterocycles. The van der Waals surface area contributed by atoms with E-state index in [1.165, 1.54) is 12.6 Å². The van der Waals surface area contributed by atoms with Crippen molar-refractivity contribution in [2.24, 2.45) is 13.0 Å². The summed E-state index contributed by atoms with van der Waals surface area (Å²) >= 11 is 0. The fraction of sp³-hybridized carbons (Fsp3) is 0.471. The molecule has 0 unspecified atom stereocenters. The average Bonchev–Trinajstić information content (AvgIpc) is 2.98. The fourth-order valence-electron chi connectivity index (χ4n) is 3.19. The topological polar surface area (TPSA) is 51.0 Å². The van der Waals surface area contributed by atoms with Crippen LogP contribution in [0.5, 0.6) is 0 Å². The Bertz CT molecular complexity index is 734. The molecule has 0 aliphatic carbocycles. The number of piperidine rings is 1. The monoisotopic (exact) mass is 352 g/mol. The number of pyridine rings is 1. The molecule has 134 valence electrons. The molecule has 0 bridgehead atoms. The van der Waals surface area contributed by atoms with Crippen molar-refractivity contribution in [1.29, 1.82) is 0 Å². The van der Waals surface area contributed by atoms with Gasteiger partial charge in [0, 0.05) is 38.6 Å². The number of aryl methyl sites for hydroxylation is 1. The van der Waals surface area contributed by atoms with Crippen LogP contribution in [0.1, 0.15) is 34.6 Å². The molecule has 0 spiro atoms. The van der Waals surface area contributed by atoms with E-state index in [0.717, 1.165) is 25.3 Å². The summed E-state index contributed by atoms with van der Waals surface area (Å²) in [7, 11) is 1.19. The predicted molar refractivity (Wildman–Crippen MR) is 84.8 cm³/mol. The number of hydrogen-bond acceptors (Lipinski definition) is 3. The van der Waals surface area contributed by atoms with Crippen molar-refractivity contribution < 1.29 is 18.0 Å². The maximum Gasteiger partial charge on any atom is 0.433 e. The van der Waals surface area contributed by atoms with Crippen LogP contribution in [-0.4, -0.2) is 38.7 Å². The molecular weight excluding hydrogens is 333 g/mol. The lowest BCUT2D eigenvalue weighted by molar-refractivity contribution is -0.143. The summed E-state index contributed by atoms with van der Waals surface area (Å²) in [5.41, 5.74) is 0.144. The Morgan fingerprint density at radius 3 is 2.44 bits per heavy atom. The summed E-state index contributed by atoms with van der Waals surface area (Å²) in [6.07, 6.45) is 1.57. The van der Waals surface area contributed by atoms with Crippen LogP contribution < -0.4 is 0 Å². The highest BCUT2D eigenvalue weighted by Gasteiger charge is 2.36. The number of rotatable bonds is 3. The van der Waals surface area contributed by atoms with Crippen LogP contribution in [-0.2, 0) is 19.6 Å².